The van der Waals surface area contributed by atoms with Crippen molar-refractivity contribution in [3.8, 4) is 0 Å². The van der Waals surface area contributed by atoms with Gasteiger partial charge in [0.05, 0.1) is 12.5 Å². The molecule has 1 amide bonds. The van der Waals surface area contributed by atoms with Crippen molar-refractivity contribution in [2.45, 2.75) is 19.4 Å². The van der Waals surface area contributed by atoms with Gasteiger partial charge in [-0.05, 0) is 18.4 Å². The number of amides is 1. The Morgan fingerprint density at radius 2 is 1.64 bits per heavy atom. The Morgan fingerprint density at radius 3 is 2.14 bits per heavy atom. The summed E-state index contributed by atoms with van der Waals surface area (Å²) in [5.74, 6) is -11.2. The van der Waals surface area contributed by atoms with Gasteiger partial charge in [0.1, 0.15) is 0 Å². The minimum atomic E-state index is -2.24. The Kier molecular flexibility index (Phi) is 4.80. The molecule has 1 aromatic heterocycles. The lowest BCUT2D eigenvalue weighted by Crippen LogP contribution is -2.28. The van der Waals surface area contributed by atoms with Crippen molar-refractivity contribution >= 4 is 17.2 Å². The van der Waals surface area contributed by atoms with Crippen molar-refractivity contribution in [2.75, 3.05) is 0 Å². The molecule has 8 heteroatoms. The van der Waals surface area contributed by atoms with Crippen LogP contribution in [0.5, 0.6) is 0 Å². The Morgan fingerprint density at radius 1 is 1.09 bits per heavy atom. The third-order valence-electron chi connectivity index (χ3n) is 2.99. The first kappa shape index (κ1) is 16.4. The number of carbonyl (C=O) groups is 1. The van der Waals surface area contributed by atoms with E-state index in [9.17, 15) is 26.7 Å². The Balaban J connectivity index is 2.19. The molecule has 0 saturated heterocycles. The summed E-state index contributed by atoms with van der Waals surface area (Å²) in [6.45, 7) is 1.64. The van der Waals surface area contributed by atoms with E-state index >= 15 is 0 Å². The van der Waals surface area contributed by atoms with Gasteiger partial charge in [-0.1, -0.05) is 6.07 Å². The van der Waals surface area contributed by atoms with E-state index in [1.807, 2.05) is 0 Å². The lowest BCUT2D eigenvalue weighted by Gasteiger charge is -2.13. The summed E-state index contributed by atoms with van der Waals surface area (Å²) >= 11 is 1.36. The van der Waals surface area contributed by atoms with Gasteiger partial charge in [-0.25, -0.2) is 22.0 Å². The lowest BCUT2D eigenvalue weighted by molar-refractivity contribution is -0.121. The van der Waals surface area contributed by atoms with Crippen LogP contribution in [-0.2, 0) is 11.2 Å². The molecule has 0 radical (unpaired) electrons. The molecule has 1 aromatic carbocycles. The van der Waals surface area contributed by atoms with Gasteiger partial charge in [-0.3, -0.25) is 4.79 Å². The van der Waals surface area contributed by atoms with Crippen LogP contribution in [0.25, 0.3) is 0 Å². The summed E-state index contributed by atoms with van der Waals surface area (Å²) in [4.78, 5) is 12.5. The van der Waals surface area contributed by atoms with Gasteiger partial charge in [0.15, 0.2) is 23.3 Å². The van der Waals surface area contributed by atoms with Crippen LogP contribution in [0.15, 0.2) is 17.5 Å². The molecule has 2 aromatic rings. The monoisotopic (exact) mass is 335 g/mol. The minimum Gasteiger partial charge on any atom is -0.348 e. The van der Waals surface area contributed by atoms with E-state index in [0.29, 0.717) is 0 Å². The van der Waals surface area contributed by atoms with Crippen LogP contribution < -0.4 is 5.32 Å². The molecule has 0 unspecified atom stereocenters. The molecule has 0 saturated carbocycles. The van der Waals surface area contributed by atoms with E-state index in [4.69, 9.17) is 0 Å². The Bertz CT molecular complexity index is 673. The molecule has 0 aliphatic rings. The van der Waals surface area contributed by atoms with Gasteiger partial charge >= 0.3 is 0 Å². The molecular weight excluding hydrogens is 325 g/mol. The number of rotatable bonds is 4. The molecule has 0 aliphatic carbocycles. The molecule has 0 spiro atoms. The van der Waals surface area contributed by atoms with Crippen LogP contribution in [0.1, 0.15) is 23.4 Å². The third kappa shape index (κ3) is 3.11. The smallest absolute Gasteiger partial charge is 0.225 e. The fourth-order valence-corrected chi connectivity index (χ4v) is 2.60. The fourth-order valence-electron chi connectivity index (χ4n) is 1.87. The van der Waals surface area contributed by atoms with Crippen molar-refractivity contribution in [1.82, 2.24) is 5.32 Å². The highest BCUT2D eigenvalue weighted by molar-refractivity contribution is 7.10. The Labute approximate surface area is 126 Å². The van der Waals surface area contributed by atoms with Crippen LogP contribution in [0.3, 0.4) is 0 Å². The van der Waals surface area contributed by atoms with Gasteiger partial charge in [0.25, 0.3) is 0 Å². The third-order valence-corrected chi connectivity index (χ3v) is 4.04. The normalized spacial score (nSPS) is 12.3. The highest BCUT2D eigenvalue weighted by Gasteiger charge is 2.27. The summed E-state index contributed by atoms with van der Waals surface area (Å²) < 4.78 is 65.9. The van der Waals surface area contributed by atoms with Gasteiger partial charge in [0.2, 0.25) is 11.7 Å². The first-order valence-corrected chi connectivity index (χ1v) is 7.04. The SMILES string of the molecule is C[C@H](NC(=O)Cc1c(F)c(F)c(F)c(F)c1F)c1cccs1. The number of nitrogens with one attached hydrogen (secondary N) is 1. The Hall–Kier alpha value is -1.96. The molecule has 0 bridgehead atoms. The highest BCUT2D eigenvalue weighted by Crippen LogP contribution is 2.24. The van der Waals surface area contributed by atoms with Crippen molar-refractivity contribution in [3.63, 3.8) is 0 Å². The second-order valence-corrected chi connectivity index (χ2v) is 5.51. The highest BCUT2D eigenvalue weighted by atomic mass is 32.1. The molecule has 1 heterocycles. The molecule has 2 nitrogen and oxygen atoms in total. The van der Waals surface area contributed by atoms with Gasteiger partial charge < -0.3 is 5.32 Å². The zero-order valence-electron chi connectivity index (χ0n) is 11.2. The summed E-state index contributed by atoms with van der Waals surface area (Å²) in [5.41, 5.74) is -1.15. The van der Waals surface area contributed by atoms with Gasteiger partial charge in [0, 0.05) is 10.4 Å². The number of hydrogen-bond acceptors (Lipinski definition) is 2. The molecule has 22 heavy (non-hydrogen) atoms. The number of carbonyl (C=O) groups excluding carboxylic acids is 1. The molecule has 1 atom stereocenters. The first-order valence-electron chi connectivity index (χ1n) is 6.16. The predicted molar refractivity (Wildman–Crippen MR) is 70.8 cm³/mol. The molecule has 0 fully saturated rings. The quantitative estimate of drug-likeness (QED) is 0.513. The van der Waals surface area contributed by atoms with Crippen molar-refractivity contribution in [2.24, 2.45) is 0 Å². The van der Waals surface area contributed by atoms with Gasteiger partial charge in [-0.2, -0.15) is 0 Å². The maximum atomic E-state index is 13.5. The van der Waals surface area contributed by atoms with Crippen molar-refractivity contribution in [3.05, 3.63) is 57.0 Å². The van der Waals surface area contributed by atoms with Crippen LogP contribution in [0.2, 0.25) is 0 Å². The zero-order valence-corrected chi connectivity index (χ0v) is 12.0. The molecule has 1 N–H and O–H groups in total. The second kappa shape index (κ2) is 6.43. The molecule has 0 aliphatic heterocycles. The number of halogens is 5. The second-order valence-electron chi connectivity index (χ2n) is 4.53. The molecule has 118 valence electrons. The van der Waals surface area contributed by atoms with E-state index in [1.165, 1.54) is 11.3 Å². The van der Waals surface area contributed by atoms with Crippen LogP contribution in [0.4, 0.5) is 22.0 Å². The maximum absolute atomic E-state index is 13.5. The van der Waals surface area contributed by atoms with Gasteiger partial charge in [-0.15, -0.1) is 11.3 Å². The number of hydrogen-bond donors (Lipinski definition) is 1. The van der Waals surface area contributed by atoms with E-state index < -0.39 is 53.0 Å². The zero-order chi connectivity index (χ0) is 16.4. The largest absolute Gasteiger partial charge is 0.348 e. The summed E-state index contributed by atoms with van der Waals surface area (Å²) in [6, 6.07) is 3.06. The number of thiophene rings is 1. The standard InChI is InChI=1S/C14H10F5NOS/c1-6(8-3-2-4-22-8)20-9(21)5-7-10(15)12(17)14(19)13(18)11(7)16/h2-4,6H,5H2,1H3,(H,20,21)/t6-/m0/s1. The van der Waals surface area contributed by atoms with E-state index in [1.54, 1.807) is 24.4 Å². The number of benzene rings is 1. The van der Waals surface area contributed by atoms with E-state index in [0.717, 1.165) is 4.88 Å². The van der Waals surface area contributed by atoms with Crippen molar-refractivity contribution < 1.29 is 26.7 Å². The average Bonchev–Trinajstić information content (AvgIpc) is 3.02. The summed E-state index contributed by atoms with van der Waals surface area (Å²) in [7, 11) is 0. The van der Waals surface area contributed by atoms with Crippen LogP contribution in [0, 0.1) is 29.1 Å². The minimum absolute atomic E-state index is 0.436. The summed E-state index contributed by atoms with van der Waals surface area (Å²) in [5, 5.41) is 4.22. The lowest BCUT2D eigenvalue weighted by atomic mass is 10.1. The average molecular weight is 335 g/mol. The fraction of sp³-hybridized carbons (Fsp3) is 0.214. The van der Waals surface area contributed by atoms with Crippen LogP contribution in [-0.4, -0.2) is 5.91 Å². The first-order chi connectivity index (χ1) is 10.3. The summed E-state index contributed by atoms with van der Waals surface area (Å²) in [6.07, 6.45) is -0.943. The molecular formula is C14H10F5NOS. The molecule has 2 rings (SSSR count). The topological polar surface area (TPSA) is 29.1 Å². The van der Waals surface area contributed by atoms with E-state index in [2.05, 4.69) is 5.32 Å². The predicted octanol–water partition coefficient (Wildman–Crippen LogP) is 3.86. The van der Waals surface area contributed by atoms with E-state index in [-0.39, 0.29) is 0 Å². The van der Waals surface area contributed by atoms with Crippen LogP contribution >= 0.6 is 11.3 Å². The van der Waals surface area contributed by atoms with Crippen molar-refractivity contribution in [1.29, 1.82) is 0 Å². The maximum Gasteiger partial charge on any atom is 0.225 e.